The second kappa shape index (κ2) is 13.0. The summed E-state index contributed by atoms with van der Waals surface area (Å²) in [4.78, 5) is 26.1. The fourth-order valence-corrected chi connectivity index (χ4v) is 6.49. The Labute approximate surface area is 257 Å². The summed E-state index contributed by atoms with van der Waals surface area (Å²) in [6.45, 7) is 1.34. The molecule has 0 radical (unpaired) electrons. The Bertz CT molecular complexity index is 1740. The fourth-order valence-electron chi connectivity index (χ4n) is 5.43. The molecule has 0 aliphatic carbocycles. The van der Waals surface area contributed by atoms with Crippen molar-refractivity contribution in [1.29, 1.82) is 0 Å². The van der Waals surface area contributed by atoms with Crippen LogP contribution in [0, 0.1) is 0 Å². The number of nitrogens with zero attached hydrogens (tertiary/aromatic N) is 4. The molecule has 4 N–H and O–H groups in total. The van der Waals surface area contributed by atoms with Crippen LogP contribution in [0.5, 0.6) is 11.5 Å². The van der Waals surface area contributed by atoms with Crippen LogP contribution in [0.3, 0.4) is 0 Å². The van der Waals surface area contributed by atoms with Crippen molar-refractivity contribution >= 4 is 44.3 Å². The van der Waals surface area contributed by atoms with E-state index in [1.807, 2.05) is 25.1 Å². The van der Waals surface area contributed by atoms with Gasteiger partial charge in [-0.15, -0.1) is 0 Å². The van der Waals surface area contributed by atoms with Crippen LogP contribution in [0.25, 0.3) is 11.0 Å². The van der Waals surface area contributed by atoms with Crippen molar-refractivity contribution in [2.45, 2.75) is 29.8 Å². The highest BCUT2D eigenvalue weighted by molar-refractivity contribution is 7.92. The lowest BCUT2D eigenvalue weighted by Crippen LogP contribution is -2.46. The van der Waals surface area contributed by atoms with Gasteiger partial charge in [0.25, 0.3) is 10.0 Å². The van der Waals surface area contributed by atoms with Crippen LogP contribution in [0.15, 0.2) is 71.6 Å². The lowest BCUT2D eigenvalue weighted by Gasteiger charge is -2.38. The minimum Gasteiger partial charge on any atom is -0.497 e. The summed E-state index contributed by atoms with van der Waals surface area (Å²) >= 11 is 0. The molecule has 13 heteroatoms. The van der Waals surface area contributed by atoms with Crippen molar-refractivity contribution in [2.24, 2.45) is 5.73 Å². The first kappa shape index (κ1) is 31.0. The minimum absolute atomic E-state index is 0.00639. The second-order valence-electron chi connectivity index (χ2n) is 10.8. The number of hydrogen-bond donors (Lipinski definition) is 3. The average molecular weight is 620 g/mol. The van der Waals surface area contributed by atoms with Gasteiger partial charge in [0.05, 0.1) is 30.1 Å². The Kier molecular flexibility index (Phi) is 9.18. The molecule has 2 heterocycles. The molecule has 3 aromatic carbocycles. The number of ether oxygens (including phenoxy) is 2. The van der Waals surface area contributed by atoms with Gasteiger partial charge in [0.1, 0.15) is 17.5 Å². The molecule has 232 valence electrons. The lowest BCUT2D eigenvalue weighted by molar-refractivity contribution is -0.124. The second-order valence-corrected chi connectivity index (χ2v) is 12.5. The van der Waals surface area contributed by atoms with Gasteiger partial charge in [0.2, 0.25) is 5.91 Å². The number of benzene rings is 3. The van der Waals surface area contributed by atoms with Crippen LogP contribution in [-0.4, -0.2) is 81.5 Å². The molecule has 12 nitrogen and oxygen atoms in total. The summed E-state index contributed by atoms with van der Waals surface area (Å²) in [6, 6.07) is 18.3. The third kappa shape index (κ3) is 6.85. The SMILES string of the molecule is COc1cc(Nc2nc3ccccc3nc2NS(=O)(=O)c2cccc(C(C(N)=O)N3CCC(N(C)C)CC3)c2)cc(OC)c1. The molecule has 0 spiro atoms. The van der Waals surface area contributed by atoms with Crippen LogP contribution < -0.4 is 25.2 Å². The monoisotopic (exact) mass is 619 g/mol. The fraction of sp³-hybridized carbons (Fsp3) is 0.323. The number of nitrogens with one attached hydrogen (secondary N) is 2. The molecule has 1 saturated heterocycles. The van der Waals surface area contributed by atoms with E-state index in [0.717, 1.165) is 12.8 Å². The molecule has 1 fully saturated rings. The third-order valence-electron chi connectivity index (χ3n) is 7.76. The average Bonchev–Trinajstić information content (AvgIpc) is 3.01. The smallest absolute Gasteiger partial charge is 0.263 e. The molecule has 1 unspecified atom stereocenters. The van der Waals surface area contributed by atoms with Gasteiger partial charge in [-0.1, -0.05) is 24.3 Å². The molecule has 44 heavy (non-hydrogen) atoms. The van der Waals surface area contributed by atoms with Gasteiger partial charge in [0, 0.05) is 43.0 Å². The normalized spacial score (nSPS) is 15.2. The number of amides is 1. The summed E-state index contributed by atoms with van der Waals surface area (Å²) in [5, 5.41) is 3.16. The van der Waals surface area contributed by atoms with E-state index in [9.17, 15) is 13.2 Å². The summed E-state index contributed by atoms with van der Waals surface area (Å²) < 4.78 is 41.0. The Morgan fingerprint density at radius 2 is 1.55 bits per heavy atom. The standard InChI is InChI=1S/C31H37N7O5S/c1-37(2)22-12-14-38(15-13-22)28(29(32)39)20-8-7-9-25(16-20)44(40,41)36-31-30(34-26-10-5-6-11-27(26)35-31)33-21-17-23(42-3)19-24(18-21)43-4/h5-11,16-19,22,28H,12-15H2,1-4H3,(H2,32,39)(H,33,34)(H,35,36). The number of carbonyl (C=O) groups excluding carboxylic acids is 1. The molecule has 1 aromatic heterocycles. The van der Waals surface area contributed by atoms with Gasteiger partial charge in [-0.25, -0.2) is 18.4 Å². The lowest BCUT2D eigenvalue weighted by atomic mass is 9.98. The number of primary amides is 1. The quantitative estimate of drug-likeness (QED) is 0.226. The number of rotatable bonds is 11. The number of carbonyl (C=O) groups is 1. The van der Waals surface area contributed by atoms with Gasteiger partial charge < -0.3 is 25.4 Å². The number of methoxy groups -OCH3 is 2. The zero-order valence-corrected chi connectivity index (χ0v) is 26.0. The van der Waals surface area contributed by atoms with Gasteiger partial charge in [-0.3, -0.25) is 14.4 Å². The molecule has 0 saturated carbocycles. The van der Waals surface area contributed by atoms with Crippen molar-refractivity contribution in [1.82, 2.24) is 19.8 Å². The van der Waals surface area contributed by atoms with E-state index in [-0.39, 0.29) is 16.5 Å². The zero-order chi connectivity index (χ0) is 31.4. The summed E-state index contributed by atoms with van der Waals surface area (Å²) in [5.74, 6) is 0.714. The van der Waals surface area contributed by atoms with Crippen molar-refractivity contribution in [3.63, 3.8) is 0 Å². The number of anilines is 3. The predicted octanol–water partition coefficient (Wildman–Crippen LogP) is 3.74. The number of likely N-dealkylation sites (tertiary alicyclic amines) is 1. The maximum absolute atomic E-state index is 13.8. The van der Waals surface area contributed by atoms with E-state index >= 15 is 0 Å². The number of hydrogen-bond acceptors (Lipinski definition) is 10. The van der Waals surface area contributed by atoms with E-state index in [0.29, 0.717) is 52.9 Å². The third-order valence-corrected chi connectivity index (χ3v) is 9.10. The first-order valence-electron chi connectivity index (χ1n) is 14.2. The molecule has 1 aliphatic rings. The van der Waals surface area contributed by atoms with Gasteiger partial charge >= 0.3 is 0 Å². The highest BCUT2D eigenvalue weighted by Crippen LogP contribution is 2.32. The van der Waals surface area contributed by atoms with Crippen LogP contribution in [-0.2, 0) is 14.8 Å². The summed E-state index contributed by atoms with van der Waals surface area (Å²) in [6.07, 6.45) is 1.76. The number of para-hydroxylation sites is 2. The number of piperidine rings is 1. The van der Waals surface area contributed by atoms with Crippen molar-refractivity contribution < 1.29 is 22.7 Å². The van der Waals surface area contributed by atoms with Crippen LogP contribution in [0.4, 0.5) is 17.3 Å². The minimum atomic E-state index is -4.17. The summed E-state index contributed by atoms with van der Waals surface area (Å²) in [5.41, 5.74) is 7.99. The summed E-state index contributed by atoms with van der Waals surface area (Å²) in [7, 11) is 2.99. The van der Waals surface area contributed by atoms with Crippen molar-refractivity contribution in [2.75, 3.05) is 51.4 Å². The van der Waals surface area contributed by atoms with Gasteiger partial charge in [0.15, 0.2) is 11.6 Å². The molecular weight excluding hydrogens is 582 g/mol. The molecule has 1 aliphatic heterocycles. The van der Waals surface area contributed by atoms with E-state index in [2.05, 4.69) is 24.9 Å². The van der Waals surface area contributed by atoms with Gasteiger partial charge in [-0.2, -0.15) is 0 Å². The molecule has 5 rings (SSSR count). The molecule has 1 amide bonds. The van der Waals surface area contributed by atoms with Crippen molar-refractivity contribution in [3.8, 4) is 11.5 Å². The molecule has 4 aromatic rings. The first-order valence-corrected chi connectivity index (χ1v) is 15.7. The zero-order valence-electron chi connectivity index (χ0n) is 25.1. The molecular formula is C31H37N7O5S. The first-order chi connectivity index (χ1) is 21.1. The highest BCUT2D eigenvalue weighted by atomic mass is 32.2. The van der Waals surface area contributed by atoms with E-state index in [1.165, 1.54) is 26.4 Å². The number of fused-ring (bicyclic) bond motifs is 1. The largest absolute Gasteiger partial charge is 0.497 e. The molecule has 1 atom stereocenters. The number of nitrogens with two attached hydrogens (primary N) is 1. The Morgan fingerprint density at radius 3 is 2.11 bits per heavy atom. The van der Waals surface area contributed by atoms with Crippen LogP contribution >= 0.6 is 0 Å². The van der Waals surface area contributed by atoms with E-state index in [4.69, 9.17) is 15.2 Å². The number of sulfonamides is 1. The maximum atomic E-state index is 13.8. The van der Waals surface area contributed by atoms with E-state index < -0.39 is 22.0 Å². The Balaban J connectivity index is 1.47. The Hall–Kier alpha value is -4.46. The van der Waals surface area contributed by atoms with Crippen molar-refractivity contribution in [3.05, 3.63) is 72.3 Å². The van der Waals surface area contributed by atoms with E-state index in [1.54, 1.807) is 48.5 Å². The number of aromatic nitrogens is 2. The molecule has 0 bridgehead atoms. The highest BCUT2D eigenvalue weighted by Gasteiger charge is 2.31. The van der Waals surface area contributed by atoms with Gasteiger partial charge in [-0.05, 0) is 56.8 Å². The van der Waals surface area contributed by atoms with Crippen LogP contribution in [0.1, 0.15) is 24.4 Å². The maximum Gasteiger partial charge on any atom is 0.263 e. The van der Waals surface area contributed by atoms with Crippen LogP contribution in [0.2, 0.25) is 0 Å². The topological polar surface area (TPSA) is 152 Å². The predicted molar refractivity (Wildman–Crippen MR) is 170 cm³/mol. The Morgan fingerprint density at radius 1 is 0.932 bits per heavy atom.